The fourth-order valence-corrected chi connectivity index (χ4v) is 4.28. The number of halogens is 1. The smallest absolute Gasteiger partial charge is 0.253 e. The zero-order chi connectivity index (χ0) is 18.7. The SMILES string of the molecule is Cc1cccc(COc2cccc(C(=O)N3CCC4(CCNC4)CC3)c2)c1.Cl. The van der Waals surface area contributed by atoms with Gasteiger partial charge in [-0.05, 0) is 61.9 Å². The van der Waals surface area contributed by atoms with Crippen molar-refractivity contribution < 1.29 is 9.53 Å². The molecule has 2 saturated heterocycles. The molecule has 4 nitrogen and oxygen atoms in total. The van der Waals surface area contributed by atoms with E-state index in [1.54, 1.807) is 0 Å². The minimum Gasteiger partial charge on any atom is -0.489 e. The standard InChI is InChI=1S/C23H28N2O2.ClH/c1-18-4-2-5-19(14-18)16-27-21-7-3-6-20(15-21)22(26)25-12-9-23(10-13-25)8-11-24-17-23;/h2-7,14-15,24H,8-13,16-17H2,1H3;1H. The minimum atomic E-state index is 0. The zero-order valence-corrected chi connectivity index (χ0v) is 17.3. The number of nitrogens with zero attached hydrogens (tertiary/aromatic N) is 1. The van der Waals surface area contributed by atoms with Gasteiger partial charge in [0.15, 0.2) is 0 Å². The average molecular weight is 401 g/mol. The molecule has 2 fully saturated rings. The van der Waals surface area contributed by atoms with Gasteiger partial charge in [0.05, 0.1) is 0 Å². The summed E-state index contributed by atoms with van der Waals surface area (Å²) in [7, 11) is 0. The van der Waals surface area contributed by atoms with Crippen LogP contribution in [0, 0.1) is 12.3 Å². The Hall–Kier alpha value is -2.04. The van der Waals surface area contributed by atoms with Crippen LogP contribution in [-0.4, -0.2) is 37.0 Å². The lowest BCUT2D eigenvalue weighted by Gasteiger charge is -2.38. The first-order valence-corrected chi connectivity index (χ1v) is 9.92. The maximum Gasteiger partial charge on any atom is 0.253 e. The molecule has 2 aromatic carbocycles. The number of nitrogens with one attached hydrogen (secondary N) is 1. The second-order valence-corrected chi connectivity index (χ2v) is 8.02. The molecule has 28 heavy (non-hydrogen) atoms. The summed E-state index contributed by atoms with van der Waals surface area (Å²) in [6.45, 7) is 6.53. The molecule has 2 heterocycles. The Balaban J connectivity index is 0.00000225. The maximum atomic E-state index is 12.9. The lowest BCUT2D eigenvalue weighted by molar-refractivity contribution is 0.0607. The van der Waals surface area contributed by atoms with Crippen LogP contribution in [0.4, 0.5) is 0 Å². The highest BCUT2D eigenvalue weighted by Gasteiger charge is 2.38. The molecule has 1 amide bonds. The van der Waals surface area contributed by atoms with Gasteiger partial charge in [0.1, 0.15) is 12.4 Å². The summed E-state index contributed by atoms with van der Waals surface area (Å²) >= 11 is 0. The van der Waals surface area contributed by atoms with Gasteiger partial charge in [0.2, 0.25) is 0 Å². The molecule has 4 rings (SSSR count). The summed E-state index contributed by atoms with van der Waals surface area (Å²) in [5.41, 5.74) is 3.51. The van der Waals surface area contributed by atoms with Gasteiger partial charge >= 0.3 is 0 Å². The van der Waals surface area contributed by atoms with E-state index in [2.05, 4.69) is 30.4 Å². The van der Waals surface area contributed by atoms with Gasteiger partial charge in [-0.1, -0.05) is 35.9 Å². The quantitative estimate of drug-likeness (QED) is 0.835. The van der Waals surface area contributed by atoms with Crippen molar-refractivity contribution in [1.82, 2.24) is 10.2 Å². The molecule has 150 valence electrons. The van der Waals surface area contributed by atoms with Crippen LogP contribution in [-0.2, 0) is 6.61 Å². The van der Waals surface area contributed by atoms with Crippen molar-refractivity contribution in [1.29, 1.82) is 0 Å². The lowest BCUT2D eigenvalue weighted by atomic mass is 9.78. The van der Waals surface area contributed by atoms with E-state index in [0.29, 0.717) is 12.0 Å². The van der Waals surface area contributed by atoms with Crippen molar-refractivity contribution in [3.05, 3.63) is 65.2 Å². The molecule has 0 atom stereocenters. The fourth-order valence-electron chi connectivity index (χ4n) is 4.28. The van der Waals surface area contributed by atoms with E-state index in [0.717, 1.165) is 55.9 Å². The second-order valence-electron chi connectivity index (χ2n) is 8.02. The number of likely N-dealkylation sites (tertiary alicyclic amines) is 1. The van der Waals surface area contributed by atoms with Crippen molar-refractivity contribution in [3.8, 4) is 5.75 Å². The van der Waals surface area contributed by atoms with Gasteiger partial charge in [-0.15, -0.1) is 12.4 Å². The van der Waals surface area contributed by atoms with Gasteiger partial charge in [0.25, 0.3) is 5.91 Å². The molecule has 0 unspecified atom stereocenters. The second kappa shape index (κ2) is 8.97. The Morgan fingerprint density at radius 2 is 1.89 bits per heavy atom. The molecule has 0 radical (unpaired) electrons. The van der Waals surface area contributed by atoms with Gasteiger partial charge in [0, 0.05) is 25.2 Å². The van der Waals surface area contributed by atoms with Crippen LogP contribution in [0.25, 0.3) is 0 Å². The van der Waals surface area contributed by atoms with E-state index in [4.69, 9.17) is 4.74 Å². The van der Waals surface area contributed by atoms with Gasteiger partial charge in [-0.3, -0.25) is 4.79 Å². The number of hydrogen-bond donors (Lipinski definition) is 1. The molecule has 2 aromatic rings. The number of piperidine rings is 1. The number of ether oxygens (including phenoxy) is 1. The zero-order valence-electron chi connectivity index (χ0n) is 16.4. The summed E-state index contributed by atoms with van der Waals surface area (Å²) in [4.78, 5) is 14.9. The van der Waals surface area contributed by atoms with Gasteiger partial charge in [-0.25, -0.2) is 0 Å². The van der Waals surface area contributed by atoms with E-state index < -0.39 is 0 Å². The topological polar surface area (TPSA) is 41.6 Å². The van der Waals surface area contributed by atoms with Crippen LogP contribution in [0.1, 0.15) is 40.7 Å². The number of hydrogen-bond acceptors (Lipinski definition) is 3. The first-order valence-electron chi connectivity index (χ1n) is 9.92. The molecule has 0 bridgehead atoms. The van der Waals surface area contributed by atoms with E-state index in [1.807, 2.05) is 35.2 Å². The molecule has 0 saturated carbocycles. The van der Waals surface area contributed by atoms with Crippen LogP contribution >= 0.6 is 12.4 Å². The van der Waals surface area contributed by atoms with Gasteiger partial charge < -0.3 is 15.0 Å². The van der Waals surface area contributed by atoms with Crippen molar-refractivity contribution >= 4 is 18.3 Å². The lowest BCUT2D eigenvalue weighted by Crippen LogP contribution is -2.44. The third-order valence-corrected chi connectivity index (χ3v) is 6.01. The van der Waals surface area contributed by atoms with Crippen LogP contribution in [0.5, 0.6) is 5.75 Å². The van der Waals surface area contributed by atoms with Crippen molar-refractivity contribution in [2.24, 2.45) is 5.41 Å². The van der Waals surface area contributed by atoms with E-state index in [-0.39, 0.29) is 18.3 Å². The third-order valence-electron chi connectivity index (χ3n) is 6.01. The molecule has 5 heteroatoms. The maximum absolute atomic E-state index is 12.9. The number of benzene rings is 2. The molecular weight excluding hydrogens is 372 g/mol. The highest BCUT2D eigenvalue weighted by molar-refractivity contribution is 5.94. The monoisotopic (exact) mass is 400 g/mol. The molecular formula is C23H29ClN2O2. The summed E-state index contributed by atoms with van der Waals surface area (Å²) in [5, 5.41) is 3.48. The summed E-state index contributed by atoms with van der Waals surface area (Å²) in [6, 6.07) is 15.9. The van der Waals surface area contributed by atoms with E-state index in [1.165, 1.54) is 12.0 Å². The number of carbonyl (C=O) groups excluding carboxylic acids is 1. The van der Waals surface area contributed by atoms with Crippen molar-refractivity contribution in [2.75, 3.05) is 26.2 Å². The Kier molecular flexibility index (Phi) is 6.63. The molecule has 1 N–H and O–H groups in total. The fraction of sp³-hybridized carbons (Fsp3) is 0.435. The van der Waals surface area contributed by atoms with Crippen LogP contribution in [0.15, 0.2) is 48.5 Å². The predicted molar refractivity (Wildman–Crippen MR) is 114 cm³/mol. The van der Waals surface area contributed by atoms with Crippen LogP contribution in [0.2, 0.25) is 0 Å². The molecule has 1 spiro atoms. The first kappa shape index (κ1) is 20.7. The number of carbonyl (C=O) groups is 1. The highest BCUT2D eigenvalue weighted by Crippen LogP contribution is 2.37. The Morgan fingerprint density at radius 3 is 2.61 bits per heavy atom. The Morgan fingerprint density at radius 1 is 1.11 bits per heavy atom. The summed E-state index contributed by atoms with van der Waals surface area (Å²) in [6.07, 6.45) is 3.46. The molecule has 2 aliphatic rings. The Labute approximate surface area is 173 Å². The highest BCUT2D eigenvalue weighted by atomic mass is 35.5. The largest absolute Gasteiger partial charge is 0.489 e. The van der Waals surface area contributed by atoms with E-state index in [9.17, 15) is 4.79 Å². The van der Waals surface area contributed by atoms with Crippen LogP contribution in [0.3, 0.4) is 0 Å². The van der Waals surface area contributed by atoms with E-state index >= 15 is 0 Å². The number of aryl methyl sites for hydroxylation is 1. The van der Waals surface area contributed by atoms with Crippen molar-refractivity contribution in [2.45, 2.75) is 32.8 Å². The predicted octanol–water partition coefficient (Wildman–Crippen LogP) is 4.21. The minimum absolute atomic E-state index is 0. The molecule has 0 aliphatic carbocycles. The van der Waals surface area contributed by atoms with Crippen molar-refractivity contribution in [3.63, 3.8) is 0 Å². The number of rotatable bonds is 4. The average Bonchev–Trinajstić information content (AvgIpc) is 3.15. The summed E-state index contributed by atoms with van der Waals surface area (Å²) in [5.74, 6) is 0.868. The third kappa shape index (κ3) is 4.68. The first-order chi connectivity index (χ1) is 13.1. The number of amides is 1. The molecule has 2 aliphatic heterocycles. The Bertz CT molecular complexity index is 808. The molecule has 0 aromatic heterocycles. The summed E-state index contributed by atoms with van der Waals surface area (Å²) < 4.78 is 5.92. The normalized spacial score (nSPS) is 18.0. The van der Waals surface area contributed by atoms with Gasteiger partial charge in [-0.2, -0.15) is 0 Å². The van der Waals surface area contributed by atoms with Crippen LogP contribution < -0.4 is 10.1 Å².